The molecule has 1 heterocycles. The van der Waals surface area contributed by atoms with Crippen molar-refractivity contribution in [3.63, 3.8) is 0 Å². The molecule has 0 radical (unpaired) electrons. The Morgan fingerprint density at radius 3 is 2.60 bits per heavy atom. The molecule has 1 fully saturated rings. The van der Waals surface area contributed by atoms with Crippen molar-refractivity contribution in [1.29, 1.82) is 0 Å². The van der Waals surface area contributed by atoms with Gasteiger partial charge in [-0.25, -0.2) is 8.42 Å². The van der Waals surface area contributed by atoms with Crippen LogP contribution >= 0.6 is 11.8 Å². The molecular formula is C12H16N2O4S2. The van der Waals surface area contributed by atoms with E-state index in [0.717, 1.165) is 5.75 Å². The summed E-state index contributed by atoms with van der Waals surface area (Å²) in [5.74, 6) is 0.664. The Morgan fingerprint density at radius 2 is 2.05 bits per heavy atom. The quantitative estimate of drug-likeness (QED) is 0.880. The van der Waals surface area contributed by atoms with Crippen molar-refractivity contribution in [2.24, 2.45) is 5.73 Å². The van der Waals surface area contributed by atoms with Gasteiger partial charge in [0.05, 0.1) is 12.0 Å². The third-order valence-corrected chi connectivity index (χ3v) is 6.31. The highest BCUT2D eigenvalue weighted by molar-refractivity contribution is 8.01. The second-order valence-corrected chi connectivity index (χ2v) is 7.35. The summed E-state index contributed by atoms with van der Waals surface area (Å²) in [6.07, 6.45) is 0.698. The number of benzene rings is 1. The Morgan fingerprint density at radius 1 is 1.40 bits per heavy atom. The Bertz CT molecular complexity index is 586. The molecule has 0 spiro atoms. The van der Waals surface area contributed by atoms with Gasteiger partial charge < -0.3 is 10.5 Å². The van der Waals surface area contributed by atoms with E-state index in [-0.39, 0.29) is 4.90 Å². The number of thioether (sulfide) groups is 1. The number of sulfonamides is 1. The first-order valence-corrected chi connectivity index (χ1v) is 8.52. The van der Waals surface area contributed by atoms with Gasteiger partial charge in [-0.05, 0) is 36.4 Å². The van der Waals surface area contributed by atoms with Gasteiger partial charge in [0.25, 0.3) is 0 Å². The van der Waals surface area contributed by atoms with Gasteiger partial charge >= 0.3 is 0 Å². The number of methoxy groups -OCH3 is 1. The predicted molar refractivity (Wildman–Crippen MR) is 76.9 cm³/mol. The molecule has 0 aromatic heterocycles. The van der Waals surface area contributed by atoms with Gasteiger partial charge in [0, 0.05) is 6.54 Å². The number of carbonyl (C=O) groups excluding carboxylic acids is 1. The molecule has 0 saturated carbocycles. The summed E-state index contributed by atoms with van der Waals surface area (Å²) in [5, 5.41) is -0.837. The third kappa shape index (κ3) is 2.92. The molecule has 2 N–H and O–H groups in total. The summed E-state index contributed by atoms with van der Waals surface area (Å²) in [6.45, 7) is 0.301. The van der Waals surface area contributed by atoms with Gasteiger partial charge in [-0.1, -0.05) is 0 Å². The van der Waals surface area contributed by atoms with Crippen LogP contribution in [0.2, 0.25) is 0 Å². The molecule has 20 heavy (non-hydrogen) atoms. The van der Waals surface area contributed by atoms with Crippen molar-refractivity contribution in [2.45, 2.75) is 16.7 Å². The maximum atomic E-state index is 12.6. The Kier molecular flexibility index (Phi) is 4.56. The zero-order valence-electron chi connectivity index (χ0n) is 11.0. The van der Waals surface area contributed by atoms with E-state index in [1.54, 1.807) is 12.1 Å². The molecule has 1 aromatic rings. The second kappa shape index (κ2) is 6.02. The van der Waals surface area contributed by atoms with Crippen LogP contribution in [-0.4, -0.2) is 43.4 Å². The van der Waals surface area contributed by atoms with E-state index < -0.39 is 21.3 Å². The average Bonchev–Trinajstić information content (AvgIpc) is 2.47. The second-order valence-electron chi connectivity index (χ2n) is 4.27. The fourth-order valence-corrected chi connectivity index (χ4v) is 4.92. The highest BCUT2D eigenvalue weighted by Gasteiger charge is 2.37. The first-order chi connectivity index (χ1) is 9.46. The van der Waals surface area contributed by atoms with Crippen molar-refractivity contribution in [2.75, 3.05) is 19.4 Å². The topological polar surface area (TPSA) is 89.7 Å². The van der Waals surface area contributed by atoms with Gasteiger partial charge in [-0.2, -0.15) is 4.31 Å². The standard InChI is InChI=1S/C12H16N2O4S2/c1-18-9-3-5-10(6-4-9)20(16,17)14-7-2-8-19-12(14)11(13)15/h3-6,12H,2,7-8H2,1H3,(H2,13,15). The van der Waals surface area contributed by atoms with E-state index in [1.165, 1.54) is 35.3 Å². The van der Waals surface area contributed by atoms with Crippen molar-refractivity contribution in [1.82, 2.24) is 4.31 Å². The molecule has 0 aliphatic carbocycles. The van der Waals surface area contributed by atoms with Gasteiger partial charge in [0.15, 0.2) is 0 Å². The number of rotatable bonds is 4. The summed E-state index contributed by atoms with van der Waals surface area (Å²) < 4.78 is 31.3. The SMILES string of the molecule is COc1ccc(S(=O)(=O)N2CCCSC2C(N)=O)cc1. The number of nitrogens with zero attached hydrogens (tertiary/aromatic N) is 1. The molecule has 1 unspecified atom stereocenters. The van der Waals surface area contributed by atoms with Gasteiger partial charge in [0.2, 0.25) is 15.9 Å². The van der Waals surface area contributed by atoms with E-state index in [0.29, 0.717) is 18.7 Å². The highest BCUT2D eigenvalue weighted by Crippen LogP contribution is 2.29. The van der Waals surface area contributed by atoms with Crippen LogP contribution in [0, 0.1) is 0 Å². The zero-order valence-corrected chi connectivity index (χ0v) is 12.6. The van der Waals surface area contributed by atoms with E-state index in [4.69, 9.17) is 10.5 Å². The lowest BCUT2D eigenvalue weighted by Crippen LogP contribution is -2.48. The number of hydrogen-bond acceptors (Lipinski definition) is 5. The lowest BCUT2D eigenvalue weighted by Gasteiger charge is -2.32. The molecular weight excluding hydrogens is 300 g/mol. The summed E-state index contributed by atoms with van der Waals surface area (Å²) in [7, 11) is -2.22. The average molecular weight is 316 g/mol. The van der Waals surface area contributed by atoms with Crippen molar-refractivity contribution < 1.29 is 17.9 Å². The van der Waals surface area contributed by atoms with Gasteiger partial charge in [-0.3, -0.25) is 4.79 Å². The van der Waals surface area contributed by atoms with Crippen LogP contribution in [0.3, 0.4) is 0 Å². The lowest BCUT2D eigenvalue weighted by atomic mass is 10.3. The molecule has 1 aromatic carbocycles. The first-order valence-electron chi connectivity index (χ1n) is 6.03. The number of nitrogens with two attached hydrogens (primary N) is 1. The molecule has 8 heteroatoms. The number of carbonyl (C=O) groups is 1. The van der Waals surface area contributed by atoms with Gasteiger partial charge in [-0.15, -0.1) is 11.8 Å². The number of hydrogen-bond donors (Lipinski definition) is 1. The number of primary amides is 1. The predicted octanol–water partition coefficient (Wildman–Crippen LogP) is 0.634. The van der Waals surface area contributed by atoms with Crippen molar-refractivity contribution >= 4 is 27.7 Å². The molecule has 1 atom stereocenters. The van der Waals surface area contributed by atoms with Crippen molar-refractivity contribution in [3.05, 3.63) is 24.3 Å². The molecule has 1 aliphatic heterocycles. The van der Waals surface area contributed by atoms with Crippen LogP contribution in [0.1, 0.15) is 6.42 Å². The zero-order chi connectivity index (χ0) is 14.8. The molecule has 1 aliphatic rings. The van der Waals surface area contributed by atoms with E-state index in [2.05, 4.69) is 0 Å². The molecule has 6 nitrogen and oxygen atoms in total. The summed E-state index contributed by atoms with van der Waals surface area (Å²) in [4.78, 5) is 11.5. The minimum Gasteiger partial charge on any atom is -0.497 e. The van der Waals surface area contributed by atoms with Crippen LogP contribution in [0.5, 0.6) is 5.75 Å². The normalized spacial score (nSPS) is 20.6. The minimum absolute atomic E-state index is 0.132. The first kappa shape index (κ1) is 15.1. The Balaban J connectivity index is 2.34. The molecule has 0 bridgehead atoms. The summed E-state index contributed by atoms with van der Waals surface area (Å²) >= 11 is 1.26. The monoisotopic (exact) mass is 316 g/mol. The van der Waals surface area contributed by atoms with E-state index in [1.807, 2.05) is 0 Å². The Labute approximate surface area is 122 Å². The maximum absolute atomic E-state index is 12.6. The largest absolute Gasteiger partial charge is 0.497 e. The molecule has 1 amide bonds. The molecule has 2 rings (SSSR count). The third-order valence-electron chi connectivity index (χ3n) is 2.97. The van der Waals surface area contributed by atoms with E-state index in [9.17, 15) is 13.2 Å². The molecule has 110 valence electrons. The Hall–Kier alpha value is -1.25. The lowest BCUT2D eigenvalue weighted by molar-refractivity contribution is -0.119. The maximum Gasteiger partial charge on any atom is 0.246 e. The fraction of sp³-hybridized carbons (Fsp3) is 0.417. The van der Waals surface area contributed by atoms with Crippen molar-refractivity contribution in [3.8, 4) is 5.75 Å². The summed E-state index contributed by atoms with van der Waals surface area (Å²) in [5.41, 5.74) is 5.29. The molecule has 1 saturated heterocycles. The number of ether oxygens (including phenoxy) is 1. The fourth-order valence-electron chi connectivity index (χ4n) is 1.97. The smallest absolute Gasteiger partial charge is 0.246 e. The summed E-state index contributed by atoms with van der Waals surface area (Å²) in [6, 6.07) is 6.07. The van der Waals surface area contributed by atoms with Gasteiger partial charge in [0.1, 0.15) is 11.1 Å². The van der Waals surface area contributed by atoms with Crippen LogP contribution in [0.25, 0.3) is 0 Å². The highest BCUT2D eigenvalue weighted by atomic mass is 32.2. The van der Waals surface area contributed by atoms with Crippen LogP contribution in [0.15, 0.2) is 29.2 Å². The van der Waals surface area contributed by atoms with Crippen LogP contribution < -0.4 is 10.5 Å². The van der Waals surface area contributed by atoms with Crippen LogP contribution in [0.4, 0.5) is 0 Å². The minimum atomic E-state index is -3.73. The van der Waals surface area contributed by atoms with Crippen LogP contribution in [-0.2, 0) is 14.8 Å². The number of amides is 1. The van der Waals surface area contributed by atoms with E-state index >= 15 is 0 Å².